The second-order valence-electron chi connectivity index (χ2n) is 8.83. The Labute approximate surface area is 214 Å². The van der Waals surface area contributed by atoms with Gasteiger partial charge in [0.2, 0.25) is 0 Å². The van der Waals surface area contributed by atoms with Crippen molar-refractivity contribution in [3.8, 4) is 5.75 Å². The number of halogens is 1. The normalized spacial score (nSPS) is 14.6. The van der Waals surface area contributed by atoms with Crippen LogP contribution in [-0.2, 0) is 11.3 Å². The van der Waals surface area contributed by atoms with Gasteiger partial charge in [-0.05, 0) is 66.1 Å². The number of rotatable bonds is 6. The highest BCUT2D eigenvalue weighted by molar-refractivity contribution is 6.09. The Morgan fingerprint density at radius 1 is 0.946 bits per heavy atom. The summed E-state index contributed by atoms with van der Waals surface area (Å²) in [5, 5.41) is 3.00. The molecule has 1 aliphatic rings. The van der Waals surface area contributed by atoms with Crippen molar-refractivity contribution >= 4 is 23.6 Å². The molecule has 6 heteroatoms. The summed E-state index contributed by atoms with van der Waals surface area (Å²) >= 11 is 0. The fourth-order valence-electron chi connectivity index (χ4n) is 4.22. The number of para-hydroxylation sites is 2. The second-order valence-corrected chi connectivity index (χ2v) is 8.83. The molecule has 0 unspecified atom stereocenters. The Kier molecular flexibility index (Phi) is 6.81. The van der Waals surface area contributed by atoms with Crippen molar-refractivity contribution in [1.29, 1.82) is 0 Å². The van der Waals surface area contributed by atoms with E-state index in [4.69, 9.17) is 4.74 Å². The third kappa shape index (κ3) is 5.43. The van der Waals surface area contributed by atoms with E-state index in [0.717, 1.165) is 5.56 Å². The summed E-state index contributed by atoms with van der Waals surface area (Å²) in [7, 11) is 0. The van der Waals surface area contributed by atoms with Crippen LogP contribution in [0.15, 0.2) is 109 Å². The quantitative estimate of drug-likeness (QED) is 0.322. The number of amides is 2. The average Bonchev–Trinajstić information content (AvgIpc) is 2.92. The van der Waals surface area contributed by atoms with Crippen molar-refractivity contribution in [1.82, 2.24) is 5.32 Å². The van der Waals surface area contributed by atoms with Crippen molar-refractivity contribution in [2.75, 3.05) is 4.90 Å². The molecule has 1 atom stereocenters. The van der Waals surface area contributed by atoms with Crippen molar-refractivity contribution in [2.45, 2.75) is 19.5 Å². The molecule has 4 aromatic carbocycles. The first-order valence-corrected chi connectivity index (χ1v) is 12.0. The smallest absolute Gasteiger partial charge is 0.294 e. The molecule has 184 valence electrons. The summed E-state index contributed by atoms with van der Waals surface area (Å²) in [6, 6.07) is 30.0. The van der Waals surface area contributed by atoms with E-state index < -0.39 is 0 Å². The van der Waals surface area contributed by atoms with E-state index in [-0.39, 0.29) is 36.0 Å². The zero-order valence-corrected chi connectivity index (χ0v) is 20.2. The number of carbonyl (C=O) groups is 2. The van der Waals surface area contributed by atoms with Gasteiger partial charge in [-0.1, -0.05) is 66.7 Å². The van der Waals surface area contributed by atoms with E-state index in [0.29, 0.717) is 28.1 Å². The number of ether oxygens (including phenoxy) is 1. The molecule has 37 heavy (non-hydrogen) atoms. The number of carbonyl (C=O) groups excluding carboxylic acids is 2. The van der Waals surface area contributed by atoms with Gasteiger partial charge in [0.1, 0.15) is 5.82 Å². The summed E-state index contributed by atoms with van der Waals surface area (Å²) in [6.07, 6.45) is 1.64. The number of benzene rings is 4. The summed E-state index contributed by atoms with van der Waals surface area (Å²) in [4.78, 5) is 27.7. The summed E-state index contributed by atoms with van der Waals surface area (Å²) in [5.74, 6) is -0.192. The lowest BCUT2D eigenvalue weighted by Gasteiger charge is -2.30. The zero-order chi connectivity index (χ0) is 25.8. The molecule has 0 aliphatic carbocycles. The van der Waals surface area contributed by atoms with Gasteiger partial charge in [0.15, 0.2) is 11.5 Å². The number of anilines is 1. The number of hydrogen-bond donors (Lipinski definition) is 1. The van der Waals surface area contributed by atoms with Crippen LogP contribution >= 0.6 is 0 Å². The molecule has 5 nitrogen and oxygen atoms in total. The first-order valence-electron chi connectivity index (χ1n) is 12.0. The number of nitrogens with zero attached hydrogens (tertiary/aromatic N) is 1. The minimum absolute atomic E-state index is 0.132. The van der Waals surface area contributed by atoms with Gasteiger partial charge in [-0.15, -0.1) is 0 Å². The van der Waals surface area contributed by atoms with E-state index in [1.165, 1.54) is 12.1 Å². The lowest BCUT2D eigenvalue weighted by Crippen LogP contribution is -2.36. The second kappa shape index (κ2) is 10.5. The topological polar surface area (TPSA) is 58.6 Å². The molecule has 1 N–H and O–H groups in total. The lowest BCUT2D eigenvalue weighted by atomic mass is 10.1. The van der Waals surface area contributed by atoms with Gasteiger partial charge in [0.25, 0.3) is 11.8 Å². The Hall–Kier alpha value is -4.71. The van der Waals surface area contributed by atoms with E-state index in [2.05, 4.69) is 5.32 Å². The Balaban J connectivity index is 1.35. The van der Waals surface area contributed by atoms with E-state index in [9.17, 15) is 14.0 Å². The molecule has 0 aromatic heterocycles. The van der Waals surface area contributed by atoms with Gasteiger partial charge in [0, 0.05) is 5.56 Å². The first kappa shape index (κ1) is 24.0. The Bertz CT molecular complexity index is 1470. The maximum Gasteiger partial charge on any atom is 0.294 e. The summed E-state index contributed by atoms with van der Waals surface area (Å²) in [5.41, 5.74) is 3.53. The standard InChI is InChI=1S/C31H25FN2O3/c1-21(24-9-3-2-4-10-24)33-30(35)25-16-14-22(15-17-25)19-29-31(36)34(20-23-8-7-11-26(32)18-23)27-12-5-6-13-28(27)37-29/h2-19,21H,20H2,1H3,(H,33,35)/b29-19-/t21-/m1/s1. The minimum atomic E-state index is -0.357. The van der Waals surface area contributed by atoms with Crippen LogP contribution in [0.4, 0.5) is 10.1 Å². The van der Waals surface area contributed by atoms with E-state index in [1.807, 2.05) is 49.4 Å². The number of fused-ring (bicyclic) bond motifs is 1. The molecule has 1 aliphatic heterocycles. The Morgan fingerprint density at radius 3 is 2.43 bits per heavy atom. The van der Waals surface area contributed by atoms with Gasteiger partial charge in [-0.2, -0.15) is 0 Å². The van der Waals surface area contributed by atoms with Crippen molar-refractivity contribution < 1.29 is 18.7 Å². The monoisotopic (exact) mass is 492 g/mol. The predicted molar refractivity (Wildman–Crippen MR) is 141 cm³/mol. The number of nitrogens with one attached hydrogen (secondary N) is 1. The zero-order valence-electron chi connectivity index (χ0n) is 20.2. The van der Waals surface area contributed by atoms with Crippen molar-refractivity contribution in [3.63, 3.8) is 0 Å². The molecule has 5 rings (SSSR count). The molecule has 0 saturated carbocycles. The highest BCUT2D eigenvalue weighted by atomic mass is 19.1. The molecular weight excluding hydrogens is 467 g/mol. The van der Waals surface area contributed by atoms with Crippen LogP contribution in [0, 0.1) is 5.82 Å². The SMILES string of the molecule is C[C@@H](NC(=O)c1ccc(/C=C2\Oc3ccccc3N(Cc3cccc(F)c3)C2=O)cc1)c1ccccc1. The molecule has 0 saturated heterocycles. The number of hydrogen-bond acceptors (Lipinski definition) is 3. The van der Waals surface area contributed by atoms with Gasteiger partial charge in [-0.25, -0.2) is 4.39 Å². The van der Waals surface area contributed by atoms with Gasteiger partial charge in [-0.3, -0.25) is 14.5 Å². The third-order valence-electron chi connectivity index (χ3n) is 6.18. The molecule has 1 heterocycles. The molecule has 2 amide bonds. The van der Waals surface area contributed by atoms with Crippen molar-refractivity contribution in [3.05, 3.63) is 137 Å². The maximum absolute atomic E-state index is 13.8. The lowest BCUT2D eigenvalue weighted by molar-refractivity contribution is -0.117. The van der Waals surface area contributed by atoms with E-state index >= 15 is 0 Å². The van der Waals surface area contributed by atoms with Crippen LogP contribution in [0.3, 0.4) is 0 Å². The van der Waals surface area contributed by atoms with Crippen LogP contribution in [0.25, 0.3) is 6.08 Å². The fourth-order valence-corrected chi connectivity index (χ4v) is 4.22. The first-order chi connectivity index (χ1) is 18.0. The summed E-state index contributed by atoms with van der Waals surface area (Å²) in [6.45, 7) is 2.14. The molecule has 0 bridgehead atoms. The van der Waals surface area contributed by atoms with Crippen LogP contribution in [0.2, 0.25) is 0 Å². The van der Waals surface area contributed by atoms with Crippen LogP contribution < -0.4 is 15.0 Å². The minimum Gasteiger partial charge on any atom is -0.449 e. The molecular formula is C31H25FN2O3. The van der Waals surface area contributed by atoms with Crippen LogP contribution in [-0.4, -0.2) is 11.8 Å². The third-order valence-corrected chi connectivity index (χ3v) is 6.18. The van der Waals surface area contributed by atoms with Gasteiger partial charge < -0.3 is 10.1 Å². The molecule has 4 aromatic rings. The predicted octanol–water partition coefficient (Wildman–Crippen LogP) is 6.28. The van der Waals surface area contributed by atoms with Crippen LogP contribution in [0.5, 0.6) is 5.75 Å². The largest absolute Gasteiger partial charge is 0.449 e. The van der Waals surface area contributed by atoms with Gasteiger partial charge >= 0.3 is 0 Å². The average molecular weight is 493 g/mol. The molecule has 0 spiro atoms. The Morgan fingerprint density at radius 2 is 1.68 bits per heavy atom. The highest BCUT2D eigenvalue weighted by Crippen LogP contribution is 2.36. The highest BCUT2D eigenvalue weighted by Gasteiger charge is 2.30. The van der Waals surface area contributed by atoms with Crippen LogP contribution in [0.1, 0.15) is 40.0 Å². The van der Waals surface area contributed by atoms with Crippen molar-refractivity contribution in [2.24, 2.45) is 0 Å². The van der Waals surface area contributed by atoms with Gasteiger partial charge in [0.05, 0.1) is 18.3 Å². The molecule has 0 radical (unpaired) electrons. The maximum atomic E-state index is 13.8. The summed E-state index contributed by atoms with van der Waals surface area (Å²) < 4.78 is 19.7. The molecule has 0 fully saturated rings. The van der Waals surface area contributed by atoms with E-state index in [1.54, 1.807) is 59.5 Å². The fraction of sp³-hybridized carbons (Fsp3) is 0.0968.